The van der Waals surface area contributed by atoms with Gasteiger partial charge in [0.15, 0.2) is 0 Å². The summed E-state index contributed by atoms with van der Waals surface area (Å²) in [6.45, 7) is 2.47. The van der Waals surface area contributed by atoms with E-state index in [-0.39, 0.29) is 59.4 Å². The molecule has 0 bridgehead atoms. The van der Waals surface area contributed by atoms with E-state index in [0.29, 0.717) is 6.54 Å². The normalized spacial score (nSPS) is 15.5. The van der Waals surface area contributed by atoms with Crippen LogP contribution in [0, 0.1) is 0 Å². The molecule has 0 saturated heterocycles. The van der Waals surface area contributed by atoms with E-state index in [9.17, 15) is 14.2 Å². The topological polar surface area (TPSA) is 137 Å². The molecule has 0 spiro atoms. The molecule has 0 heterocycles. The fourth-order valence-corrected chi connectivity index (χ4v) is 2.84. The average molecular weight is 374 g/mol. The Morgan fingerprint density at radius 1 is 1.33 bits per heavy atom. The maximum absolute atomic E-state index is 11.2. The molecule has 2 atom stereocenters. The molecule has 122 valence electrons. The first-order valence-corrected chi connectivity index (χ1v) is 8.83. The Kier molecular flexibility index (Phi) is 14.4. The van der Waals surface area contributed by atoms with E-state index in [1.807, 2.05) is 6.92 Å². The van der Waals surface area contributed by atoms with E-state index in [1.165, 1.54) is 12.2 Å². The van der Waals surface area contributed by atoms with E-state index in [4.69, 9.17) is 19.5 Å². The van der Waals surface area contributed by atoms with Gasteiger partial charge in [0.05, 0.1) is 7.11 Å². The summed E-state index contributed by atoms with van der Waals surface area (Å²) in [5, 5.41) is 11.1. The Balaban J connectivity index is -0.00000180. The van der Waals surface area contributed by atoms with Gasteiger partial charge >= 0.3 is 72.8 Å². The molecule has 12 heteroatoms. The molecule has 0 aliphatic carbocycles. The Hall–Kier alpha value is 1.69. The third kappa shape index (κ3) is 10.2. The fourth-order valence-electron chi connectivity index (χ4n) is 1.47. The van der Waals surface area contributed by atoms with E-state index >= 15 is 0 Å². The second kappa shape index (κ2) is 12.1. The van der Waals surface area contributed by atoms with Gasteiger partial charge in [-0.1, -0.05) is 24.3 Å². The molecule has 4 N–H and O–H groups in total. The zero-order chi connectivity index (χ0) is 15.8. The van der Waals surface area contributed by atoms with Gasteiger partial charge in [-0.25, -0.2) is 0 Å². The van der Waals surface area contributed by atoms with Crippen molar-refractivity contribution >= 4 is 15.9 Å². The molecule has 0 aromatic carbocycles. The molecule has 0 aliphatic rings. The van der Waals surface area contributed by atoms with Crippen molar-refractivity contribution in [3.05, 3.63) is 0 Å². The van der Waals surface area contributed by atoms with Crippen molar-refractivity contribution in [2.24, 2.45) is 0 Å². The number of aliphatic hydroxyl groups is 1. The summed E-state index contributed by atoms with van der Waals surface area (Å²) in [4.78, 5) is 31.6. The second-order valence-electron chi connectivity index (χ2n) is 4.18. The SMILES string of the molecule is CCCCCN(CCC(O)(O[P+](=O)O)P(=O)(O)O)OC.[H-].[K+]. The van der Waals surface area contributed by atoms with Gasteiger partial charge in [-0.2, -0.15) is 5.06 Å². The molecule has 0 fully saturated rings. The van der Waals surface area contributed by atoms with Crippen LogP contribution in [0.3, 0.4) is 0 Å². The van der Waals surface area contributed by atoms with Crippen molar-refractivity contribution in [1.82, 2.24) is 5.06 Å². The molecule has 0 aromatic heterocycles. The summed E-state index contributed by atoms with van der Waals surface area (Å²) in [5.41, 5.74) is -3.00. The van der Waals surface area contributed by atoms with Crippen LogP contribution in [0.15, 0.2) is 0 Å². The molecule has 0 radical (unpaired) electrons. The van der Waals surface area contributed by atoms with Crippen LogP contribution in [-0.4, -0.2) is 50.6 Å². The molecule has 0 aromatic rings. The monoisotopic (exact) mass is 374 g/mol. The van der Waals surface area contributed by atoms with Crippen LogP contribution >= 0.6 is 15.9 Å². The molecule has 0 rings (SSSR count). The molecule has 2 unspecified atom stereocenters. The van der Waals surface area contributed by atoms with E-state index in [1.54, 1.807) is 0 Å². The standard InChI is InChI=1S/C9H21NO8P2.K.H/c1-3-4-5-7-10(17-2)8-6-9(11,18-19(12)13)20(14,15)16;;/h11H,3-8H2,1-2H3,(H2-,12,13,14,15,16);;/q;+1;-1/p+1. The van der Waals surface area contributed by atoms with Crippen molar-refractivity contribution in [3.63, 3.8) is 0 Å². The number of nitrogens with zero attached hydrogens (tertiary/aromatic N) is 1. The predicted octanol–water partition coefficient (Wildman–Crippen LogP) is -1.96. The predicted molar refractivity (Wildman–Crippen MR) is 71.7 cm³/mol. The van der Waals surface area contributed by atoms with Gasteiger partial charge in [-0.3, -0.25) is 4.57 Å². The minimum absolute atomic E-state index is 0. The summed E-state index contributed by atoms with van der Waals surface area (Å²) >= 11 is 0. The molecule has 9 nitrogen and oxygen atoms in total. The molecule has 0 saturated carbocycles. The van der Waals surface area contributed by atoms with Crippen LogP contribution in [0.5, 0.6) is 0 Å². The molecular weight excluding hydrogens is 351 g/mol. The largest absolute Gasteiger partial charge is 1.00 e. The van der Waals surface area contributed by atoms with Gasteiger partial charge in [0.1, 0.15) is 0 Å². The second-order valence-corrected chi connectivity index (χ2v) is 6.63. The maximum Gasteiger partial charge on any atom is 1.00 e. The van der Waals surface area contributed by atoms with Gasteiger partial charge in [0, 0.05) is 24.1 Å². The van der Waals surface area contributed by atoms with Crippen LogP contribution in [0.25, 0.3) is 0 Å². The number of unbranched alkanes of at least 4 members (excludes halogenated alkanes) is 2. The minimum Gasteiger partial charge on any atom is -1.00 e. The van der Waals surface area contributed by atoms with E-state index in [2.05, 4.69) is 4.52 Å². The summed E-state index contributed by atoms with van der Waals surface area (Å²) in [6.07, 6.45) is 2.20. The minimum atomic E-state index is -5.13. The van der Waals surface area contributed by atoms with Crippen molar-refractivity contribution in [2.75, 3.05) is 20.2 Å². The van der Waals surface area contributed by atoms with Crippen LogP contribution in [0.1, 0.15) is 34.0 Å². The molecular formula is C9H23KNO8P2+. The first-order valence-electron chi connectivity index (χ1n) is 6.08. The Morgan fingerprint density at radius 2 is 1.90 bits per heavy atom. The third-order valence-electron chi connectivity index (χ3n) is 2.64. The van der Waals surface area contributed by atoms with Crippen LogP contribution < -0.4 is 51.4 Å². The summed E-state index contributed by atoms with van der Waals surface area (Å²) in [7, 11) is -7.10. The van der Waals surface area contributed by atoms with Crippen LogP contribution in [-0.2, 0) is 18.5 Å². The van der Waals surface area contributed by atoms with Gasteiger partial charge in [-0.05, 0) is 6.42 Å². The molecule has 0 amide bonds. The Labute approximate surface area is 169 Å². The van der Waals surface area contributed by atoms with Gasteiger partial charge in [-0.15, -0.1) is 4.89 Å². The van der Waals surface area contributed by atoms with Crippen molar-refractivity contribution < 1.29 is 91.1 Å². The smallest absolute Gasteiger partial charge is 1.00 e. The van der Waals surface area contributed by atoms with Crippen LogP contribution in [0.2, 0.25) is 0 Å². The van der Waals surface area contributed by atoms with E-state index < -0.39 is 27.8 Å². The average Bonchev–Trinajstić information content (AvgIpc) is 2.31. The van der Waals surface area contributed by atoms with Crippen molar-refractivity contribution in [1.29, 1.82) is 0 Å². The zero-order valence-electron chi connectivity index (χ0n) is 13.5. The third-order valence-corrected chi connectivity index (χ3v) is 4.46. The number of rotatable bonds is 11. The van der Waals surface area contributed by atoms with Gasteiger partial charge in [0.25, 0.3) is 0 Å². The van der Waals surface area contributed by atoms with Gasteiger partial charge in [0.2, 0.25) is 0 Å². The van der Waals surface area contributed by atoms with E-state index in [0.717, 1.165) is 19.3 Å². The Morgan fingerprint density at radius 3 is 2.29 bits per heavy atom. The van der Waals surface area contributed by atoms with Crippen molar-refractivity contribution in [3.8, 4) is 0 Å². The first kappa shape index (κ1) is 24.9. The summed E-state index contributed by atoms with van der Waals surface area (Å²) < 4.78 is 25.8. The number of hydrogen-bond donors (Lipinski definition) is 4. The molecule has 21 heavy (non-hydrogen) atoms. The fraction of sp³-hybridized carbons (Fsp3) is 1.00. The van der Waals surface area contributed by atoms with Crippen LogP contribution in [0.4, 0.5) is 0 Å². The first-order chi connectivity index (χ1) is 9.16. The quantitative estimate of drug-likeness (QED) is 0.107. The number of hydrogen-bond acceptors (Lipinski definition) is 6. The Bertz CT molecular complexity index is 361. The maximum atomic E-state index is 11.2. The molecule has 0 aliphatic heterocycles. The summed E-state index contributed by atoms with van der Waals surface area (Å²) in [6, 6.07) is 0. The number of hydroxylamine groups is 2. The van der Waals surface area contributed by atoms with Crippen molar-refractivity contribution in [2.45, 2.75) is 38.1 Å². The zero-order valence-corrected chi connectivity index (χ0v) is 17.4. The van der Waals surface area contributed by atoms with Gasteiger partial charge < -0.3 is 21.2 Å². The summed E-state index contributed by atoms with van der Waals surface area (Å²) in [5.74, 6) is 0.